The molecule has 5 nitrogen and oxygen atoms in total. The fraction of sp³-hybridized carbons (Fsp3) is 0.714. The second-order valence-corrected chi connectivity index (χ2v) is 5.98. The van der Waals surface area contributed by atoms with E-state index in [-0.39, 0.29) is 12.5 Å². The van der Waals surface area contributed by atoms with Gasteiger partial charge in [0.05, 0.1) is 6.04 Å². The van der Waals surface area contributed by atoms with Crippen molar-refractivity contribution in [1.29, 1.82) is 0 Å². The molecule has 0 aliphatic heterocycles. The Morgan fingerprint density at radius 1 is 1.32 bits per heavy atom. The van der Waals surface area contributed by atoms with Gasteiger partial charge in [0.25, 0.3) is 0 Å². The van der Waals surface area contributed by atoms with E-state index in [0.29, 0.717) is 5.92 Å². The molecule has 0 saturated carbocycles. The number of nitrogens with one attached hydrogen (secondary N) is 1. The van der Waals surface area contributed by atoms with Crippen LogP contribution in [0.1, 0.15) is 47.5 Å². The number of rotatable bonds is 6. The van der Waals surface area contributed by atoms with Crippen LogP contribution in [0.5, 0.6) is 0 Å². The van der Waals surface area contributed by atoms with Crippen LogP contribution < -0.4 is 11.1 Å². The summed E-state index contributed by atoms with van der Waals surface area (Å²) in [6.45, 7) is 9.56. The van der Waals surface area contributed by atoms with E-state index < -0.39 is 17.6 Å². The highest BCUT2D eigenvalue weighted by atomic mass is 16.6. The second kappa shape index (κ2) is 7.81. The number of hydrogen-bond donors (Lipinski definition) is 2. The first-order valence-electron chi connectivity index (χ1n) is 6.54. The summed E-state index contributed by atoms with van der Waals surface area (Å²) in [6.07, 6.45) is 3.95. The van der Waals surface area contributed by atoms with E-state index in [1.165, 1.54) is 0 Å². The van der Waals surface area contributed by atoms with Gasteiger partial charge < -0.3 is 15.8 Å². The number of hydrogen-bond acceptors (Lipinski definition) is 3. The predicted molar refractivity (Wildman–Crippen MR) is 75.6 cm³/mol. The Labute approximate surface area is 115 Å². The van der Waals surface area contributed by atoms with Gasteiger partial charge in [-0.15, -0.1) is 0 Å². The van der Waals surface area contributed by atoms with Gasteiger partial charge in [0.15, 0.2) is 0 Å². The first-order valence-corrected chi connectivity index (χ1v) is 6.54. The second-order valence-electron chi connectivity index (χ2n) is 5.98. The average Bonchev–Trinajstić information content (AvgIpc) is 2.11. The Morgan fingerprint density at radius 3 is 2.32 bits per heavy atom. The summed E-state index contributed by atoms with van der Waals surface area (Å²) in [4.78, 5) is 22.4. The molecule has 0 radical (unpaired) electrons. The summed E-state index contributed by atoms with van der Waals surface area (Å²) < 4.78 is 5.20. The maximum atomic E-state index is 11.7. The summed E-state index contributed by atoms with van der Waals surface area (Å²) in [5, 5.41) is 2.78. The van der Waals surface area contributed by atoms with Crippen LogP contribution in [0.2, 0.25) is 0 Å². The maximum absolute atomic E-state index is 11.7. The number of amides is 2. The lowest BCUT2D eigenvalue weighted by Gasteiger charge is -2.23. The van der Waals surface area contributed by atoms with Crippen LogP contribution >= 0.6 is 0 Å². The van der Waals surface area contributed by atoms with Gasteiger partial charge in [-0.25, -0.2) is 4.79 Å². The SMILES string of the molecule is CC(C)C[C@@H](/C=C/CC(N)=O)NC(=O)OC(C)(C)C. The molecule has 5 heteroatoms. The van der Waals surface area contributed by atoms with Crippen molar-refractivity contribution in [2.45, 2.75) is 59.1 Å². The third-order valence-corrected chi connectivity index (χ3v) is 2.11. The summed E-state index contributed by atoms with van der Waals surface area (Å²) in [5.41, 5.74) is 4.54. The number of carbonyl (C=O) groups is 2. The van der Waals surface area contributed by atoms with E-state index in [9.17, 15) is 9.59 Å². The fourth-order valence-corrected chi connectivity index (χ4v) is 1.50. The zero-order chi connectivity index (χ0) is 15.1. The minimum atomic E-state index is -0.524. The monoisotopic (exact) mass is 270 g/mol. The first kappa shape index (κ1) is 17.5. The first-order chi connectivity index (χ1) is 8.60. The molecule has 0 bridgehead atoms. The van der Waals surface area contributed by atoms with E-state index >= 15 is 0 Å². The van der Waals surface area contributed by atoms with Crippen molar-refractivity contribution in [3.63, 3.8) is 0 Å². The zero-order valence-corrected chi connectivity index (χ0v) is 12.5. The molecule has 0 rings (SSSR count). The largest absolute Gasteiger partial charge is 0.444 e. The number of nitrogens with two attached hydrogens (primary N) is 1. The van der Waals surface area contributed by atoms with Gasteiger partial charge in [0, 0.05) is 6.42 Å². The minimum absolute atomic E-state index is 0.158. The van der Waals surface area contributed by atoms with Gasteiger partial charge in [0.2, 0.25) is 5.91 Å². The van der Waals surface area contributed by atoms with Crippen molar-refractivity contribution in [3.8, 4) is 0 Å². The minimum Gasteiger partial charge on any atom is -0.444 e. The molecule has 0 unspecified atom stereocenters. The van der Waals surface area contributed by atoms with Crippen LogP contribution in [0.15, 0.2) is 12.2 Å². The summed E-state index contributed by atoms with van der Waals surface area (Å²) in [5.74, 6) is 0.0231. The van der Waals surface area contributed by atoms with E-state index in [2.05, 4.69) is 19.2 Å². The molecule has 110 valence electrons. The molecule has 0 spiro atoms. The molecule has 1 atom stereocenters. The topological polar surface area (TPSA) is 81.4 Å². The Balaban J connectivity index is 4.46. The van der Waals surface area contributed by atoms with Crippen molar-refractivity contribution in [2.75, 3.05) is 0 Å². The molecule has 0 heterocycles. The lowest BCUT2D eigenvalue weighted by Crippen LogP contribution is -2.38. The van der Waals surface area contributed by atoms with Crippen molar-refractivity contribution in [1.82, 2.24) is 5.32 Å². The van der Waals surface area contributed by atoms with Gasteiger partial charge in [0.1, 0.15) is 5.60 Å². The fourth-order valence-electron chi connectivity index (χ4n) is 1.50. The Morgan fingerprint density at radius 2 is 1.89 bits per heavy atom. The highest BCUT2D eigenvalue weighted by Gasteiger charge is 2.18. The van der Waals surface area contributed by atoms with Gasteiger partial charge >= 0.3 is 6.09 Å². The molecule has 0 aromatic carbocycles. The van der Waals surface area contributed by atoms with Crippen LogP contribution in [-0.2, 0) is 9.53 Å². The van der Waals surface area contributed by atoms with Crippen molar-refractivity contribution >= 4 is 12.0 Å². The molecule has 0 aliphatic carbocycles. The molecule has 0 aliphatic rings. The van der Waals surface area contributed by atoms with Crippen LogP contribution in [-0.4, -0.2) is 23.6 Å². The van der Waals surface area contributed by atoms with Crippen LogP contribution in [0, 0.1) is 5.92 Å². The van der Waals surface area contributed by atoms with Crippen LogP contribution in [0.3, 0.4) is 0 Å². The summed E-state index contributed by atoms with van der Waals surface area (Å²) in [7, 11) is 0. The zero-order valence-electron chi connectivity index (χ0n) is 12.5. The molecule has 2 amide bonds. The van der Waals surface area contributed by atoms with E-state index in [0.717, 1.165) is 6.42 Å². The van der Waals surface area contributed by atoms with Crippen LogP contribution in [0.4, 0.5) is 4.79 Å². The van der Waals surface area contributed by atoms with Crippen molar-refractivity contribution in [2.24, 2.45) is 11.7 Å². The van der Waals surface area contributed by atoms with E-state index in [1.54, 1.807) is 12.2 Å². The van der Waals surface area contributed by atoms with Crippen LogP contribution in [0.25, 0.3) is 0 Å². The van der Waals surface area contributed by atoms with Crippen molar-refractivity contribution < 1.29 is 14.3 Å². The Kier molecular flexibility index (Phi) is 7.19. The number of carbonyl (C=O) groups excluding carboxylic acids is 2. The normalized spacial score (nSPS) is 13.6. The van der Waals surface area contributed by atoms with Crippen molar-refractivity contribution in [3.05, 3.63) is 12.2 Å². The molecule has 0 aromatic rings. The van der Waals surface area contributed by atoms with Gasteiger partial charge in [-0.05, 0) is 33.1 Å². The summed E-state index contributed by atoms with van der Waals surface area (Å²) >= 11 is 0. The summed E-state index contributed by atoms with van der Waals surface area (Å²) in [6, 6.07) is -0.158. The third kappa shape index (κ3) is 11.3. The molecular formula is C14H26N2O3. The number of alkyl carbamates (subject to hydrolysis) is 1. The Bertz CT molecular complexity index is 330. The molecular weight excluding hydrogens is 244 g/mol. The van der Waals surface area contributed by atoms with Gasteiger partial charge in [-0.2, -0.15) is 0 Å². The predicted octanol–water partition coefficient (Wildman–Crippen LogP) is 2.36. The average molecular weight is 270 g/mol. The maximum Gasteiger partial charge on any atom is 0.408 e. The molecule has 0 fully saturated rings. The smallest absolute Gasteiger partial charge is 0.408 e. The standard InChI is InChI=1S/C14H26N2O3/c1-10(2)9-11(7-6-8-12(15)17)16-13(18)19-14(3,4)5/h6-7,10-11H,8-9H2,1-5H3,(H2,15,17)(H,16,18)/b7-6+/t11-/m1/s1. The lowest BCUT2D eigenvalue weighted by atomic mass is 10.0. The molecule has 0 aromatic heterocycles. The van der Waals surface area contributed by atoms with E-state index in [4.69, 9.17) is 10.5 Å². The third-order valence-electron chi connectivity index (χ3n) is 2.11. The number of ether oxygens (including phenoxy) is 1. The van der Waals surface area contributed by atoms with E-state index in [1.807, 2.05) is 20.8 Å². The molecule has 0 saturated heterocycles. The lowest BCUT2D eigenvalue weighted by molar-refractivity contribution is -0.117. The highest BCUT2D eigenvalue weighted by Crippen LogP contribution is 2.10. The van der Waals surface area contributed by atoms with Gasteiger partial charge in [-0.1, -0.05) is 26.0 Å². The highest BCUT2D eigenvalue weighted by molar-refractivity contribution is 5.75. The molecule has 19 heavy (non-hydrogen) atoms. The van der Waals surface area contributed by atoms with Gasteiger partial charge in [-0.3, -0.25) is 4.79 Å². The Hall–Kier alpha value is -1.52. The molecule has 3 N–H and O–H groups in total. The number of primary amides is 1. The quantitative estimate of drug-likeness (QED) is 0.727.